The molecule has 0 spiro atoms. The van der Waals surface area contributed by atoms with Gasteiger partial charge in [0.25, 0.3) is 5.91 Å². The highest BCUT2D eigenvalue weighted by atomic mass is 16.1. The van der Waals surface area contributed by atoms with Crippen LogP contribution in [0.2, 0.25) is 0 Å². The van der Waals surface area contributed by atoms with Crippen molar-refractivity contribution in [1.29, 1.82) is 0 Å². The fraction of sp³-hybridized carbons (Fsp3) is 0.562. The van der Waals surface area contributed by atoms with Crippen LogP contribution in [0.5, 0.6) is 0 Å². The lowest BCUT2D eigenvalue weighted by molar-refractivity contribution is 0.0938. The average Bonchev–Trinajstić information content (AvgIpc) is 2.98. The summed E-state index contributed by atoms with van der Waals surface area (Å²) >= 11 is 0. The van der Waals surface area contributed by atoms with E-state index < -0.39 is 0 Å². The second kappa shape index (κ2) is 6.34. The van der Waals surface area contributed by atoms with Gasteiger partial charge >= 0.3 is 0 Å². The maximum Gasteiger partial charge on any atom is 0.255 e. The fourth-order valence-corrected chi connectivity index (χ4v) is 2.88. The normalized spacial score (nSPS) is 12.5. The van der Waals surface area contributed by atoms with Crippen LogP contribution in [0.3, 0.4) is 0 Å². The molecule has 0 saturated heterocycles. The van der Waals surface area contributed by atoms with Gasteiger partial charge in [-0.1, -0.05) is 0 Å². The lowest BCUT2D eigenvalue weighted by atomic mass is 10.1. The summed E-state index contributed by atoms with van der Waals surface area (Å²) in [5.74, 6) is -0.0779. The van der Waals surface area contributed by atoms with Crippen LogP contribution in [0.4, 0.5) is 0 Å². The van der Waals surface area contributed by atoms with Gasteiger partial charge < -0.3 is 5.32 Å². The lowest BCUT2D eigenvalue weighted by Crippen LogP contribution is -2.28. The largest absolute Gasteiger partial charge is 0.345 e. The van der Waals surface area contributed by atoms with Crippen molar-refractivity contribution in [2.24, 2.45) is 0 Å². The molecule has 6 nitrogen and oxygen atoms in total. The molecule has 0 aliphatic heterocycles. The Kier molecular flexibility index (Phi) is 4.68. The number of nitrogens with zero attached hydrogens (tertiary/aromatic N) is 4. The van der Waals surface area contributed by atoms with Gasteiger partial charge in [0.05, 0.1) is 23.5 Å². The summed E-state index contributed by atoms with van der Waals surface area (Å²) in [5.41, 5.74) is 4.49. The molecule has 0 saturated carbocycles. The summed E-state index contributed by atoms with van der Waals surface area (Å²) in [5, 5.41) is 11.8. The van der Waals surface area contributed by atoms with Crippen molar-refractivity contribution < 1.29 is 4.79 Å². The van der Waals surface area contributed by atoms with E-state index in [0.29, 0.717) is 5.56 Å². The van der Waals surface area contributed by atoms with Crippen molar-refractivity contribution in [1.82, 2.24) is 24.9 Å². The van der Waals surface area contributed by atoms with Crippen LogP contribution in [0.25, 0.3) is 0 Å². The first-order chi connectivity index (χ1) is 10.4. The Balaban J connectivity index is 2.21. The third-order valence-electron chi connectivity index (χ3n) is 4.16. The van der Waals surface area contributed by atoms with Gasteiger partial charge in [0.2, 0.25) is 0 Å². The van der Waals surface area contributed by atoms with E-state index in [1.807, 2.05) is 50.2 Å². The van der Waals surface area contributed by atoms with E-state index in [1.165, 1.54) is 0 Å². The molecule has 0 bridgehead atoms. The maximum absolute atomic E-state index is 12.6. The van der Waals surface area contributed by atoms with Gasteiger partial charge in [-0.15, -0.1) is 0 Å². The minimum Gasteiger partial charge on any atom is -0.345 e. The number of carbonyl (C=O) groups excluding carboxylic acids is 1. The number of hydrogen-bond acceptors (Lipinski definition) is 3. The first-order valence-electron chi connectivity index (χ1n) is 7.77. The molecule has 1 unspecified atom stereocenters. The average molecular weight is 303 g/mol. The number of hydrogen-bond donors (Lipinski definition) is 1. The minimum absolute atomic E-state index is 0.0779. The first-order valence-corrected chi connectivity index (χ1v) is 7.77. The topological polar surface area (TPSA) is 64.7 Å². The first kappa shape index (κ1) is 16.3. The van der Waals surface area contributed by atoms with Crippen molar-refractivity contribution in [2.75, 3.05) is 0 Å². The monoisotopic (exact) mass is 303 g/mol. The molecule has 6 heteroatoms. The number of nitrogens with one attached hydrogen (secondary N) is 1. The zero-order valence-corrected chi connectivity index (χ0v) is 14.3. The standard InChI is InChI=1S/C16H25N5O/c1-7-20-12(5)14(9-17-20)10(3)18-16(22)15-11(4)19-21(8-2)13(15)6/h9-10H,7-8H2,1-6H3,(H,18,22). The summed E-state index contributed by atoms with van der Waals surface area (Å²) in [6, 6.07) is -0.0865. The molecular weight excluding hydrogens is 278 g/mol. The summed E-state index contributed by atoms with van der Waals surface area (Å²) < 4.78 is 3.79. The van der Waals surface area contributed by atoms with E-state index >= 15 is 0 Å². The van der Waals surface area contributed by atoms with Gasteiger partial charge in [-0.25, -0.2) is 0 Å². The van der Waals surface area contributed by atoms with Crippen LogP contribution in [-0.2, 0) is 13.1 Å². The Bertz CT molecular complexity index is 683. The second-order valence-corrected chi connectivity index (χ2v) is 5.56. The van der Waals surface area contributed by atoms with Crippen molar-refractivity contribution in [3.63, 3.8) is 0 Å². The van der Waals surface area contributed by atoms with Gasteiger partial charge in [-0.2, -0.15) is 10.2 Å². The number of carbonyl (C=O) groups is 1. The molecule has 1 N–H and O–H groups in total. The van der Waals surface area contributed by atoms with Crippen LogP contribution < -0.4 is 5.32 Å². The molecule has 0 fully saturated rings. The second-order valence-electron chi connectivity index (χ2n) is 5.56. The van der Waals surface area contributed by atoms with E-state index in [0.717, 1.165) is 35.7 Å². The Labute approximate surface area is 131 Å². The number of aromatic nitrogens is 4. The fourth-order valence-electron chi connectivity index (χ4n) is 2.88. The summed E-state index contributed by atoms with van der Waals surface area (Å²) in [7, 11) is 0. The molecule has 2 aromatic rings. The van der Waals surface area contributed by atoms with E-state index in [1.54, 1.807) is 0 Å². The smallest absolute Gasteiger partial charge is 0.255 e. The maximum atomic E-state index is 12.6. The van der Waals surface area contributed by atoms with Crippen LogP contribution in [0.15, 0.2) is 6.20 Å². The SMILES string of the molecule is CCn1ncc(C(C)NC(=O)c2c(C)nn(CC)c2C)c1C. The van der Waals surface area contributed by atoms with Crippen molar-refractivity contribution in [3.05, 3.63) is 34.4 Å². The molecule has 22 heavy (non-hydrogen) atoms. The van der Waals surface area contributed by atoms with Crippen molar-refractivity contribution in [2.45, 2.75) is 60.7 Å². The Morgan fingerprint density at radius 2 is 1.82 bits per heavy atom. The zero-order chi connectivity index (χ0) is 16.4. The molecule has 0 radical (unpaired) electrons. The highest BCUT2D eigenvalue weighted by Crippen LogP contribution is 2.19. The quantitative estimate of drug-likeness (QED) is 0.923. The zero-order valence-electron chi connectivity index (χ0n) is 14.3. The molecular formula is C16H25N5O. The molecule has 0 aliphatic rings. The number of amides is 1. The molecule has 2 heterocycles. The van der Waals surface area contributed by atoms with Gasteiger partial charge in [-0.3, -0.25) is 14.2 Å². The third-order valence-corrected chi connectivity index (χ3v) is 4.16. The molecule has 1 amide bonds. The molecule has 1 atom stereocenters. The van der Waals surface area contributed by atoms with E-state index in [2.05, 4.69) is 22.4 Å². The molecule has 120 valence electrons. The van der Waals surface area contributed by atoms with Gasteiger partial charge in [0, 0.05) is 30.0 Å². The van der Waals surface area contributed by atoms with Gasteiger partial charge in [0.15, 0.2) is 0 Å². The highest BCUT2D eigenvalue weighted by molar-refractivity contribution is 5.96. The molecule has 2 rings (SSSR count). The predicted octanol–water partition coefficient (Wildman–Crippen LogP) is 2.54. The van der Waals surface area contributed by atoms with Crippen LogP contribution in [-0.4, -0.2) is 25.5 Å². The van der Waals surface area contributed by atoms with E-state index in [9.17, 15) is 4.79 Å². The molecule has 2 aromatic heterocycles. The number of rotatable bonds is 5. The van der Waals surface area contributed by atoms with Gasteiger partial charge in [-0.05, 0) is 41.5 Å². The van der Waals surface area contributed by atoms with Crippen LogP contribution in [0.1, 0.15) is 59.8 Å². The van der Waals surface area contributed by atoms with Crippen molar-refractivity contribution >= 4 is 5.91 Å². The lowest BCUT2D eigenvalue weighted by Gasteiger charge is -2.14. The van der Waals surface area contributed by atoms with E-state index in [4.69, 9.17) is 0 Å². The highest BCUT2D eigenvalue weighted by Gasteiger charge is 2.21. The number of aryl methyl sites for hydroxylation is 3. The third kappa shape index (κ3) is 2.77. The van der Waals surface area contributed by atoms with Gasteiger partial charge in [0.1, 0.15) is 0 Å². The summed E-state index contributed by atoms with van der Waals surface area (Å²) in [4.78, 5) is 12.6. The Morgan fingerprint density at radius 1 is 1.18 bits per heavy atom. The summed E-state index contributed by atoms with van der Waals surface area (Å²) in [6.45, 7) is 13.5. The molecule has 0 aliphatic carbocycles. The van der Waals surface area contributed by atoms with Crippen LogP contribution >= 0.6 is 0 Å². The Hall–Kier alpha value is -2.11. The molecule has 0 aromatic carbocycles. The predicted molar refractivity (Wildman–Crippen MR) is 85.9 cm³/mol. The Morgan fingerprint density at radius 3 is 2.32 bits per heavy atom. The van der Waals surface area contributed by atoms with Crippen LogP contribution in [0, 0.1) is 20.8 Å². The van der Waals surface area contributed by atoms with Crippen molar-refractivity contribution in [3.8, 4) is 0 Å². The minimum atomic E-state index is -0.0865. The summed E-state index contributed by atoms with van der Waals surface area (Å²) in [6.07, 6.45) is 1.83. The van der Waals surface area contributed by atoms with E-state index in [-0.39, 0.29) is 11.9 Å².